The standard InChI is InChI=1S/C15H22FNO/c1-5-8-13(16)11-9-6-7-10-12(11)14(18)17-15(2,3)4/h6-7,9-10,13H,5,8H2,1-4H3,(H,17,18)/t13-/m1/s1. The Balaban J connectivity index is 2.98. The van der Waals surface area contributed by atoms with Crippen molar-refractivity contribution >= 4 is 5.91 Å². The second kappa shape index (κ2) is 5.98. The zero-order valence-electron chi connectivity index (χ0n) is 11.6. The van der Waals surface area contributed by atoms with Crippen molar-refractivity contribution < 1.29 is 9.18 Å². The number of carbonyl (C=O) groups excluding carboxylic acids is 1. The Morgan fingerprint density at radius 2 is 1.94 bits per heavy atom. The molecule has 1 rings (SSSR count). The summed E-state index contributed by atoms with van der Waals surface area (Å²) in [4.78, 5) is 12.1. The molecular weight excluding hydrogens is 229 g/mol. The Morgan fingerprint density at radius 3 is 2.50 bits per heavy atom. The summed E-state index contributed by atoms with van der Waals surface area (Å²) in [6.07, 6.45) is 0.132. The molecule has 3 heteroatoms. The lowest BCUT2D eigenvalue weighted by Gasteiger charge is -2.22. The van der Waals surface area contributed by atoms with E-state index in [-0.39, 0.29) is 11.4 Å². The van der Waals surface area contributed by atoms with Crippen LogP contribution in [0.5, 0.6) is 0 Å². The van der Waals surface area contributed by atoms with Gasteiger partial charge in [-0.1, -0.05) is 31.5 Å². The molecule has 18 heavy (non-hydrogen) atoms. The number of hydrogen-bond acceptors (Lipinski definition) is 1. The minimum atomic E-state index is -1.07. The topological polar surface area (TPSA) is 29.1 Å². The van der Waals surface area contributed by atoms with Crippen LogP contribution in [0, 0.1) is 0 Å². The van der Waals surface area contributed by atoms with Crippen molar-refractivity contribution in [3.63, 3.8) is 0 Å². The zero-order chi connectivity index (χ0) is 13.8. The van der Waals surface area contributed by atoms with E-state index in [1.807, 2.05) is 27.7 Å². The monoisotopic (exact) mass is 251 g/mol. The lowest BCUT2D eigenvalue weighted by atomic mass is 9.98. The highest BCUT2D eigenvalue weighted by molar-refractivity contribution is 5.96. The quantitative estimate of drug-likeness (QED) is 0.860. The predicted molar refractivity (Wildman–Crippen MR) is 72.4 cm³/mol. The van der Waals surface area contributed by atoms with Crippen molar-refractivity contribution in [3.8, 4) is 0 Å². The molecule has 0 saturated carbocycles. The second-order valence-electron chi connectivity index (χ2n) is 5.55. The van der Waals surface area contributed by atoms with Gasteiger partial charge in [0.05, 0.1) is 0 Å². The minimum Gasteiger partial charge on any atom is -0.347 e. The van der Waals surface area contributed by atoms with Crippen LogP contribution in [0.4, 0.5) is 4.39 Å². The molecule has 0 spiro atoms. The average molecular weight is 251 g/mol. The number of benzene rings is 1. The maximum absolute atomic E-state index is 14.0. The lowest BCUT2D eigenvalue weighted by Crippen LogP contribution is -2.41. The van der Waals surface area contributed by atoms with E-state index in [0.29, 0.717) is 17.5 Å². The lowest BCUT2D eigenvalue weighted by molar-refractivity contribution is 0.0916. The summed E-state index contributed by atoms with van der Waals surface area (Å²) in [5.74, 6) is -0.211. The third-order valence-electron chi connectivity index (χ3n) is 2.57. The molecule has 1 aromatic carbocycles. The van der Waals surface area contributed by atoms with Crippen LogP contribution in [-0.2, 0) is 0 Å². The molecule has 0 radical (unpaired) electrons. The molecular formula is C15H22FNO. The molecule has 0 heterocycles. The summed E-state index contributed by atoms with van der Waals surface area (Å²) in [5.41, 5.74) is 0.607. The van der Waals surface area contributed by atoms with Gasteiger partial charge in [0.15, 0.2) is 0 Å². The fourth-order valence-electron chi connectivity index (χ4n) is 1.79. The molecule has 1 atom stereocenters. The number of alkyl halides is 1. The Bertz CT molecular complexity index is 409. The van der Waals surface area contributed by atoms with Crippen molar-refractivity contribution in [2.75, 3.05) is 0 Å². The van der Waals surface area contributed by atoms with Crippen LogP contribution < -0.4 is 5.32 Å². The van der Waals surface area contributed by atoms with Crippen LogP contribution in [0.2, 0.25) is 0 Å². The molecule has 0 fully saturated rings. The van der Waals surface area contributed by atoms with E-state index in [2.05, 4.69) is 5.32 Å². The number of amides is 1. The van der Waals surface area contributed by atoms with Gasteiger partial charge in [-0.25, -0.2) is 4.39 Å². The summed E-state index contributed by atoms with van der Waals surface area (Å²) in [5, 5.41) is 2.87. The summed E-state index contributed by atoms with van der Waals surface area (Å²) >= 11 is 0. The van der Waals surface area contributed by atoms with Crippen molar-refractivity contribution in [2.45, 2.75) is 52.2 Å². The van der Waals surface area contributed by atoms with Gasteiger partial charge in [-0.2, -0.15) is 0 Å². The average Bonchev–Trinajstić information content (AvgIpc) is 2.27. The van der Waals surface area contributed by atoms with Gasteiger partial charge in [0.2, 0.25) is 0 Å². The van der Waals surface area contributed by atoms with Crippen molar-refractivity contribution in [1.82, 2.24) is 5.32 Å². The molecule has 1 aromatic rings. The van der Waals surface area contributed by atoms with Crippen molar-refractivity contribution in [2.24, 2.45) is 0 Å². The smallest absolute Gasteiger partial charge is 0.252 e. The van der Waals surface area contributed by atoms with Crippen molar-refractivity contribution in [3.05, 3.63) is 35.4 Å². The second-order valence-corrected chi connectivity index (χ2v) is 5.55. The van der Waals surface area contributed by atoms with E-state index in [1.54, 1.807) is 24.3 Å². The first-order valence-electron chi connectivity index (χ1n) is 6.40. The zero-order valence-corrected chi connectivity index (χ0v) is 11.6. The van der Waals surface area contributed by atoms with Gasteiger partial charge in [0, 0.05) is 11.1 Å². The molecule has 0 aliphatic heterocycles. The first-order valence-corrected chi connectivity index (χ1v) is 6.40. The SMILES string of the molecule is CCC[C@@H](F)c1ccccc1C(=O)NC(C)(C)C. The van der Waals surface area contributed by atoms with E-state index in [0.717, 1.165) is 6.42 Å². The number of carbonyl (C=O) groups is 1. The van der Waals surface area contributed by atoms with Gasteiger partial charge in [-0.3, -0.25) is 4.79 Å². The largest absolute Gasteiger partial charge is 0.347 e. The highest BCUT2D eigenvalue weighted by Gasteiger charge is 2.21. The predicted octanol–water partition coefficient (Wildman–Crippen LogP) is 4.03. The van der Waals surface area contributed by atoms with E-state index in [1.165, 1.54) is 0 Å². The van der Waals surface area contributed by atoms with Gasteiger partial charge < -0.3 is 5.32 Å². The highest BCUT2D eigenvalue weighted by atomic mass is 19.1. The molecule has 0 aliphatic rings. The van der Waals surface area contributed by atoms with Crippen LogP contribution in [0.15, 0.2) is 24.3 Å². The van der Waals surface area contributed by atoms with Gasteiger partial charge in [-0.05, 0) is 38.8 Å². The van der Waals surface area contributed by atoms with E-state index in [9.17, 15) is 9.18 Å². The Morgan fingerprint density at radius 1 is 1.33 bits per heavy atom. The summed E-state index contributed by atoms with van der Waals surface area (Å²) in [7, 11) is 0. The van der Waals surface area contributed by atoms with E-state index >= 15 is 0 Å². The molecule has 0 aromatic heterocycles. The number of halogens is 1. The van der Waals surface area contributed by atoms with Crippen molar-refractivity contribution in [1.29, 1.82) is 0 Å². The van der Waals surface area contributed by atoms with Crippen LogP contribution in [0.1, 0.15) is 62.6 Å². The number of nitrogens with one attached hydrogen (secondary N) is 1. The molecule has 1 amide bonds. The highest BCUT2D eigenvalue weighted by Crippen LogP contribution is 2.26. The van der Waals surface area contributed by atoms with E-state index in [4.69, 9.17) is 0 Å². The first kappa shape index (κ1) is 14.7. The Hall–Kier alpha value is -1.38. The van der Waals surface area contributed by atoms with E-state index < -0.39 is 6.17 Å². The molecule has 100 valence electrons. The van der Waals surface area contributed by atoms with Gasteiger partial charge in [0.25, 0.3) is 5.91 Å². The third-order valence-corrected chi connectivity index (χ3v) is 2.57. The van der Waals surface area contributed by atoms with Crippen LogP contribution in [-0.4, -0.2) is 11.4 Å². The van der Waals surface area contributed by atoms with Crippen LogP contribution in [0.25, 0.3) is 0 Å². The maximum Gasteiger partial charge on any atom is 0.252 e. The molecule has 0 aliphatic carbocycles. The maximum atomic E-state index is 14.0. The Kier molecular flexibility index (Phi) is 4.88. The molecule has 0 saturated heterocycles. The molecule has 2 nitrogen and oxygen atoms in total. The van der Waals surface area contributed by atoms with Gasteiger partial charge in [0.1, 0.15) is 6.17 Å². The summed E-state index contributed by atoms with van der Waals surface area (Å²) in [6.45, 7) is 7.66. The minimum absolute atomic E-state index is 0.211. The van der Waals surface area contributed by atoms with Gasteiger partial charge >= 0.3 is 0 Å². The molecule has 0 bridgehead atoms. The fourth-order valence-corrected chi connectivity index (χ4v) is 1.79. The van der Waals surface area contributed by atoms with Crippen LogP contribution in [0.3, 0.4) is 0 Å². The fraction of sp³-hybridized carbons (Fsp3) is 0.533. The third kappa shape index (κ3) is 4.13. The molecule has 0 unspecified atom stereocenters. The normalized spacial score (nSPS) is 13.2. The Labute approximate surface area is 109 Å². The van der Waals surface area contributed by atoms with Crippen LogP contribution >= 0.6 is 0 Å². The van der Waals surface area contributed by atoms with Gasteiger partial charge in [-0.15, -0.1) is 0 Å². The first-order chi connectivity index (χ1) is 8.35. The summed E-state index contributed by atoms with van der Waals surface area (Å²) < 4.78 is 14.0. The summed E-state index contributed by atoms with van der Waals surface area (Å²) in [6, 6.07) is 6.90. The molecule has 1 N–H and O–H groups in total. The number of rotatable bonds is 4. The number of hydrogen-bond donors (Lipinski definition) is 1.